The van der Waals surface area contributed by atoms with E-state index >= 15 is 0 Å². The molecule has 3 aromatic carbocycles. The van der Waals surface area contributed by atoms with Crippen molar-refractivity contribution in [2.75, 3.05) is 0 Å². The van der Waals surface area contributed by atoms with Crippen LogP contribution in [0.3, 0.4) is 0 Å². The van der Waals surface area contributed by atoms with Gasteiger partial charge in [-0.3, -0.25) is 5.43 Å². The average molecular weight is 345 g/mol. The summed E-state index contributed by atoms with van der Waals surface area (Å²) in [6.45, 7) is 0. The lowest BCUT2D eigenvalue weighted by molar-refractivity contribution is 1.02. The van der Waals surface area contributed by atoms with Crippen LogP contribution in [0.2, 0.25) is 0 Å². The first kappa shape index (κ1) is 16.9. The molecule has 0 aromatic heterocycles. The van der Waals surface area contributed by atoms with E-state index in [1.54, 1.807) is 0 Å². The van der Waals surface area contributed by atoms with Gasteiger partial charge in [-0.25, -0.2) is 0 Å². The molecule has 0 aliphatic heterocycles. The molecule has 0 amide bonds. The highest BCUT2D eigenvalue weighted by Gasteiger charge is 2.07. The van der Waals surface area contributed by atoms with Gasteiger partial charge in [0.1, 0.15) is 0 Å². The zero-order chi connectivity index (χ0) is 17.5. The molecule has 3 nitrogen and oxygen atoms in total. The van der Waals surface area contributed by atoms with Gasteiger partial charge in [-0.15, -0.1) is 0 Å². The van der Waals surface area contributed by atoms with Gasteiger partial charge >= 0.3 is 0 Å². The second-order valence-corrected chi connectivity index (χ2v) is 6.08. The molecule has 0 aliphatic carbocycles. The molecule has 0 spiro atoms. The molecule has 0 heterocycles. The van der Waals surface area contributed by atoms with Gasteiger partial charge in [0.25, 0.3) is 0 Å². The summed E-state index contributed by atoms with van der Waals surface area (Å²) in [6, 6.07) is 28.9. The number of nitrogens with zero attached hydrogens (tertiary/aromatic N) is 1. The SMILES string of the molecule is NC(=S)NN=C(Cc1ccccc1)c1ccc(-c2ccccc2)cc1. The Morgan fingerprint density at radius 3 is 1.96 bits per heavy atom. The van der Waals surface area contributed by atoms with Crippen LogP contribution >= 0.6 is 12.2 Å². The third-order valence-corrected chi connectivity index (χ3v) is 3.93. The quantitative estimate of drug-likeness (QED) is 0.415. The van der Waals surface area contributed by atoms with Crippen LogP contribution in [0.4, 0.5) is 0 Å². The standard InChI is InChI=1S/C21H19N3S/c22-21(25)24-23-20(15-16-7-3-1-4-8-16)19-13-11-18(12-14-19)17-9-5-2-6-10-17/h1-14H,15H2,(H3,22,24,25). The molecular weight excluding hydrogens is 326 g/mol. The largest absolute Gasteiger partial charge is 0.375 e. The fourth-order valence-corrected chi connectivity index (χ4v) is 2.65. The first-order valence-electron chi connectivity index (χ1n) is 8.04. The van der Waals surface area contributed by atoms with E-state index in [-0.39, 0.29) is 5.11 Å². The van der Waals surface area contributed by atoms with E-state index in [9.17, 15) is 0 Å². The van der Waals surface area contributed by atoms with Gasteiger partial charge in [-0.05, 0) is 34.5 Å². The Morgan fingerprint density at radius 1 is 0.800 bits per heavy atom. The average Bonchev–Trinajstić information content (AvgIpc) is 2.67. The molecule has 0 bridgehead atoms. The molecule has 0 fully saturated rings. The third kappa shape index (κ3) is 4.75. The molecule has 0 unspecified atom stereocenters. The highest BCUT2D eigenvalue weighted by atomic mass is 32.1. The van der Waals surface area contributed by atoms with Crippen molar-refractivity contribution in [2.45, 2.75) is 6.42 Å². The molecule has 0 saturated carbocycles. The maximum atomic E-state index is 5.53. The number of hydrogen-bond acceptors (Lipinski definition) is 2. The van der Waals surface area contributed by atoms with Gasteiger partial charge in [0.05, 0.1) is 5.71 Å². The minimum absolute atomic E-state index is 0.159. The van der Waals surface area contributed by atoms with E-state index in [1.807, 2.05) is 36.4 Å². The van der Waals surface area contributed by atoms with Crippen LogP contribution < -0.4 is 11.2 Å². The number of benzene rings is 3. The summed E-state index contributed by atoms with van der Waals surface area (Å²) in [5, 5.41) is 4.55. The lowest BCUT2D eigenvalue weighted by Crippen LogP contribution is -2.26. The predicted octanol–water partition coefficient (Wildman–Crippen LogP) is 4.13. The van der Waals surface area contributed by atoms with Crippen molar-refractivity contribution < 1.29 is 0 Å². The fourth-order valence-electron chi connectivity index (χ4n) is 2.60. The van der Waals surface area contributed by atoms with Crippen LogP contribution in [-0.2, 0) is 6.42 Å². The van der Waals surface area contributed by atoms with Crippen LogP contribution in [0.25, 0.3) is 11.1 Å². The maximum absolute atomic E-state index is 5.53. The topological polar surface area (TPSA) is 50.4 Å². The Labute approximate surface area is 153 Å². The minimum Gasteiger partial charge on any atom is -0.375 e. The molecule has 3 N–H and O–H groups in total. The molecule has 25 heavy (non-hydrogen) atoms. The Hall–Kier alpha value is -2.98. The number of rotatable bonds is 5. The van der Waals surface area contributed by atoms with Gasteiger partial charge in [-0.1, -0.05) is 84.9 Å². The van der Waals surface area contributed by atoms with Crippen molar-refractivity contribution >= 4 is 23.0 Å². The van der Waals surface area contributed by atoms with Crippen LogP contribution in [0, 0.1) is 0 Å². The van der Waals surface area contributed by atoms with E-state index in [2.05, 4.69) is 59.1 Å². The summed E-state index contributed by atoms with van der Waals surface area (Å²) in [7, 11) is 0. The number of hydrogen-bond donors (Lipinski definition) is 2. The third-order valence-electron chi connectivity index (χ3n) is 3.84. The van der Waals surface area contributed by atoms with Gasteiger partial charge in [0, 0.05) is 6.42 Å². The molecule has 0 aliphatic rings. The minimum atomic E-state index is 0.159. The van der Waals surface area contributed by atoms with E-state index in [0.717, 1.165) is 11.3 Å². The monoisotopic (exact) mass is 345 g/mol. The Morgan fingerprint density at radius 2 is 1.36 bits per heavy atom. The number of thiocarbonyl (C=S) groups is 1. The molecule has 0 radical (unpaired) electrons. The van der Waals surface area contributed by atoms with Crippen molar-refractivity contribution in [1.29, 1.82) is 0 Å². The molecule has 3 rings (SSSR count). The van der Waals surface area contributed by atoms with Gasteiger partial charge in [0.15, 0.2) is 5.11 Å². The second kappa shape index (κ2) is 8.22. The number of nitrogens with one attached hydrogen (secondary N) is 1. The van der Waals surface area contributed by atoms with Crippen molar-refractivity contribution in [1.82, 2.24) is 5.43 Å². The van der Waals surface area contributed by atoms with Crippen LogP contribution in [-0.4, -0.2) is 10.8 Å². The normalized spacial score (nSPS) is 11.1. The summed E-state index contributed by atoms with van der Waals surface area (Å²) < 4.78 is 0. The van der Waals surface area contributed by atoms with Crippen molar-refractivity contribution in [3.8, 4) is 11.1 Å². The van der Waals surface area contributed by atoms with Gasteiger partial charge < -0.3 is 5.73 Å². The van der Waals surface area contributed by atoms with E-state index < -0.39 is 0 Å². The summed E-state index contributed by atoms with van der Waals surface area (Å²) in [4.78, 5) is 0. The lowest BCUT2D eigenvalue weighted by atomic mass is 9.99. The molecule has 3 aromatic rings. The van der Waals surface area contributed by atoms with Gasteiger partial charge in [-0.2, -0.15) is 5.10 Å². The maximum Gasteiger partial charge on any atom is 0.184 e. The summed E-state index contributed by atoms with van der Waals surface area (Å²) in [6.07, 6.45) is 0.696. The first-order chi connectivity index (χ1) is 12.2. The van der Waals surface area contributed by atoms with Crippen LogP contribution in [0.5, 0.6) is 0 Å². The summed E-state index contributed by atoms with van der Waals surface area (Å²) >= 11 is 4.87. The number of nitrogens with two attached hydrogens (primary N) is 1. The van der Waals surface area contributed by atoms with Crippen molar-refractivity contribution in [3.63, 3.8) is 0 Å². The summed E-state index contributed by atoms with van der Waals surface area (Å²) in [5.41, 5.74) is 13.7. The predicted molar refractivity (Wildman–Crippen MR) is 108 cm³/mol. The molecule has 4 heteroatoms. The highest BCUT2D eigenvalue weighted by molar-refractivity contribution is 7.80. The first-order valence-corrected chi connectivity index (χ1v) is 8.45. The Balaban J connectivity index is 1.87. The van der Waals surface area contributed by atoms with Crippen LogP contribution in [0.15, 0.2) is 90.0 Å². The van der Waals surface area contributed by atoms with Gasteiger partial charge in [0.2, 0.25) is 0 Å². The highest BCUT2D eigenvalue weighted by Crippen LogP contribution is 2.20. The van der Waals surface area contributed by atoms with Crippen molar-refractivity contribution in [3.05, 3.63) is 96.1 Å². The molecular formula is C21H19N3S. The van der Waals surface area contributed by atoms with Crippen molar-refractivity contribution in [2.24, 2.45) is 10.8 Å². The zero-order valence-electron chi connectivity index (χ0n) is 13.7. The Bertz CT molecular complexity index is 857. The zero-order valence-corrected chi connectivity index (χ0v) is 14.5. The lowest BCUT2D eigenvalue weighted by Gasteiger charge is -2.09. The fraction of sp³-hybridized carbons (Fsp3) is 0.0476. The van der Waals surface area contributed by atoms with E-state index in [4.69, 9.17) is 18.0 Å². The summed E-state index contributed by atoms with van der Waals surface area (Å²) in [5.74, 6) is 0. The van der Waals surface area contributed by atoms with Crippen LogP contribution in [0.1, 0.15) is 11.1 Å². The molecule has 0 saturated heterocycles. The Kier molecular flexibility index (Phi) is 5.54. The van der Waals surface area contributed by atoms with E-state index in [0.29, 0.717) is 6.42 Å². The molecule has 124 valence electrons. The second-order valence-electron chi connectivity index (χ2n) is 5.64. The smallest absolute Gasteiger partial charge is 0.184 e. The number of hydrazone groups is 1. The molecule has 0 atom stereocenters. The van der Waals surface area contributed by atoms with E-state index in [1.165, 1.54) is 16.7 Å².